The Morgan fingerprint density at radius 2 is 2.10 bits per heavy atom. The van der Waals surface area contributed by atoms with Crippen LogP contribution in [0.4, 0.5) is 5.69 Å². The second-order valence-corrected chi connectivity index (χ2v) is 5.32. The average molecular weight is 274 g/mol. The molecule has 1 aliphatic carbocycles. The summed E-state index contributed by atoms with van der Waals surface area (Å²) in [5, 5.41) is 2.75. The van der Waals surface area contributed by atoms with Crippen molar-refractivity contribution in [2.75, 3.05) is 18.0 Å². The summed E-state index contributed by atoms with van der Waals surface area (Å²) in [4.78, 5) is 25.7. The molecule has 0 bridgehead atoms. The monoisotopic (exact) mass is 274 g/mol. The number of carbonyl (C=O) groups excluding carboxylic acids is 2. The maximum atomic E-state index is 12.2. The molecule has 0 heterocycles. The van der Waals surface area contributed by atoms with Crippen LogP contribution in [0.5, 0.6) is 0 Å². The molecule has 1 saturated carbocycles. The molecule has 4 heteroatoms. The molecule has 1 N–H and O–H groups in total. The van der Waals surface area contributed by atoms with Gasteiger partial charge in [-0.05, 0) is 44.4 Å². The van der Waals surface area contributed by atoms with Crippen LogP contribution in [-0.2, 0) is 9.59 Å². The van der Waals surface area contributed by atoms with E-state index in [1.165, 1.54) is 0 Å². The predicted octanol–water partition coefficient (Wildman–Crippen LogP) is 2.26. The summed E-state index contributed by atoms with van der Waals surface area (Å²) in [6.07, 6.45) is 3.03. The topological polar surface area (TPSA) is 49.4 Å². The third kappa shape index (κ3) is 3.38. The molecule has 1 aromatic carbocycles. The van der Waals surface area contributed by atoms with Crippen LogP contribution in [0.1, 0.15) is 31.7 Å². The Morgan fingerprint density at radius 1 is 1.35 bits per heavy atom. The van der Waals surface area contributed by atoms with Crippen molar-refractivity contribution >= 4 is 17.5 Å². The van der Waals surface area contributed by atoms with Crippen LogP contribution in [0.15, 0.2) is 24.3 Å². The summed E-state index contributed by atoms with van der Waals surface area (Å²) in [5.41, 5.74) is 2.00. The summed E-state index contributed by atoms with van der Waals surface area (Å²) in [5.74, 6) is 0.0764. The number of aryl methyl sites for hydroxylation is 1. The standard InChI is InChI=1S/C16H22N2O2/c1-3-18(14-9-4-6-12(2)10-14)15(19)11-17-16(20)13-7-5-8-13/h4,6,9-10,13H,3,5,7-8,11H2,1-2H3,(H,17,20). The SMILES string of the molecule is CCN(C(=O)CNC(=O)C1CCC1)c1cccc(C)c1. The molecule has 0 unspecified atom stereocenters. The van der Waals surface area contributed by atoms with Crippen molar-refractivity contribution in [2.45, 2.75) is 33.1 Å². The van der Waals surface area contributed by atoms with E-state index in [1.807, 2.05) is 38.1 Å². The van der Waals surface area contributed by atoms with Crippen molar-refractivity contribution in [1.29, 1.82) is 0 Å². The van der Waals surface area contributed by atoms with Crippen molar-refractivity contribution in [3.63, 3.8) is 0 Å². The van der Waals surface area contributed by atoms with Crippen molar-refractivity contribution in [2.24, 2.45) is 5.92 Å². The van der Waals surface area contributed by atoms with Gasteiger partial charge in [0, 0.05) is 18.2 Å². The van der Waals surface area contributed by atoms with Crippen molar-refractivity contribution < 1.29 is 9.59 Å². The number of rotatable bonds is 5. The van der Waals surface area contributed by atoms with Gasteiger partial charge in [-0.1, -0.05) is 18.6 Å². The van der Waals surface area contributed by atoms with Gasteiger partial charge in [0.1, 0.15) is 0 Å². The second kappa shape index (κ2) is 6.55. The smallest absolute Gasteiger partial charge is 0.246 e. The van der Waals surface area contributed by atoms with Crippen LogP contribution in [0, 0.1) is 12.8 Å². The highest BCUT2D eigenvalue weighted by Crippen LogP contribution is 2.26. The molecule has 0 aliphatic heterocycles. The lowest BCUT2D eigenvalue weighted by Gasteiger charge is -2.25. The Balaban J connectivity index is 1.93. The lowest BCUT2D eigenvalue weighted by atomic mass is 9.85. The summed E-state index contributed by atoms with van der Waals surface area (Å²) >= 11 is 0. The highest BCUT2D eigenvalue weighted by atomic mass is 16.2. The summed E-state index contributed by atoms with van der Waals surface area (Å²) in [6.45, 7) is 4.62. The average Bonchev–Trinajstić information content (AvgIpc) is 2.35. The fourth-order valence-corrected chi connectivity index (χ4v) is 2.37. The molecule has 1 aromatic rings. The summed E-state index contributed by atoms with van der Waals surface area (Å²) < 4.78 is 0. The molecular weight excluding hydrogens is 252 g/mol. The molecule has 0 atom stereocenters. The molecule has 0 spiro atoms. The van der Waals surface area contributed by atoms with Crippen molar-refractivity contribution in [3.05, 3.63) is 29.8 Å². The molecule has 108 valence electrons. The molecule has 4 nitrogen and oxygen atoms in total. The fourth-order valence-electron chi connectivity index (χ4n) is 2.37. The third-order valence-electron chi connectivity index (χ3n) is 3.82. The maximum Gasteiger partial charge on any atom is 0.246 e. The van der Waals surface area contributed by atoms with E-state index in [0.717, 1.165) is 30.5 Å². The van der Waals surface area contributed by atoms with Gasteiger partial charge in [0.25, 0.3) is 0 Å². The molecule has 1 aliphatic rings. The number of likely N-dealkylation sites (N-methyl/N-ethyl adjacent to an activating group) is 1. The quantitative estimate of drug-likeness (QED) is 0.895. The molecular formula is C16H22N2O2. The predicted molar refractivity (Wildman–Crippen MR) is 79.6 cm³/mol. The summed E-state index contributed by atoms with van der Waals surface area (Å²) in [7, 11) is 0. The zero-order valence-electron chi connectivity index (χ0n) is 12.2. The van der Waals surface area contributed by atoms with Gasteiger partial charge in [-0.25, -0.2) is 0 Å². The van der Waals surface area contributed by atoms with Gasteiger partial charge >= 0.3 is 0 Å². The van der Waals surface area contributed by atoms with Crippen LogP contribution in [0.3, 0.4) is 0 Å². The molecule has 0 saturated heterocycles. The second-order valence-electron chi connectivity index (χ2n) is 5.32. The number of anilines is 1. The number of amides is 2. The van der Waals surface area contributed by atoms with Gasteiger partial charge in [0.15, 0.2) is 0 Å². The van der Waals surface area contributed by atoms with E-state index >= 15 is 0 Å². The summed E-state index contributed by atoms with van der Waals surface area (Å²) in [6, 6.07) is 7.84. The van der Waals surface area contributed by atoms with E-state index < -0.39 is 0 Å². The van der Waals surface area contributed by atoms with Gasteiger partial charge in [0.05, 0.1) is 6.54 Å². The number of benzene rings is 1. The third-order valence-corrected chi connectivity index (χ3v) is 3.82. The highest BCUT2D eigenvalue weighted by Gasteiger charge is 2.25. The minimum atomic E-state index is -0.0641. The van der Waals surface area contributed by atoms with Gasteiger partial charge < -0.3 is 10.2 Å². The number of hydrogen-bond acceptors (Lipinski definition) is 2. The number of nitrogens with zero attached hydrogens (tertiary/aromatic N) is 1. The molecule has 0 aromatic heterocycles. The molecule has 1 fully saturated rings. The van der Waals surface area contributed by atoms with Gasteiger partial charge in [-0.3, -0.25) is 9.59 Å². The lowest BCUT2D eigenvalue weighted by molar-refractivity contribution is -0.129. The van der Waals surface area contributed by atoms with Crippen LogP contribution in [-0.4, -0.2) is 24.9 Å². The number of nitrogens with one attached hydrogen (secondary N) is 1. The van der Waals surface area contributed by atoms with Gasteiger partial charge in [-0.2, -0.15) is 0 Å². The zero-order chi connectivity index (χ0) is 14.5. The first-order chi connectivity index (χ1) is 9.61. The van der Waals surface area contributed by atoms with Gasteiger partial charge in [0.2, 0.25) is 11.8 Å². The Labute approximate surface area is 120 Å². The van der Waals surface area contributed by atoms with Crippen LogP contribution < -0.4 is 10.2 Å². The largest absolute Gasteiger partial charge is 0.347 e. The molecule has 2 amide bonds. The first-order valence-corrected chi connectivity index (χ1v) is 7.26. The highest BCUT2D eigenvalue weighted by molar-refractivity contribution is 5.97. The first kappa shape index (κ1) is 14.6. The minimum Gasteiger partial charge on any atom is -0.347 e. The van der Waals surface area contributed by atoms with E-state index in [9.17, 15) is 9.59 Å². The normalized spacial score (nSPS) is 14.5. The maximum absolute atomic E-state index is 12.2. The Bertz CT molecular complexity index is 495. The van der Waals surface area contributed by atoms with Crippen molar-refractivity contribution in [1.82, 2.24) is 5.32 Å². The van der Waals surface area contributed by atoms with E-state index in [4.69, 9.17) is 0 Å². The fraction of sp³-hybridized carbons (Fsp3) is 0.500. The lowest BCUT2D eigenvalue weighted by Crippen LogP contribution is -2.43. The molecule has 0 radical (unpaired) electrons. The van der Waals surface area contributed by atoms with Crippen LogP contribution >= 0.6 is 0 Å². The Morgan fingerprint density at radius 3 is 2.65 bits per heavy atom. The number of carbonyl (C=O) groups is 2. The molecule has 2 rings (SSSR count). The van der Waals surface area contributed by atoms with E-state index in [2.05, 4.69) is 5.32 Å². The van der Waals surface area contributed by atoms with Crippen LogP contribution in [0.2, 0.25) is 0 Å². The van der Waals surface area contributed by atoms with Gasteiger partial charge in [-0.15, -0.1) is 0 Å². The zero-order valence-corrected chi connectivity index (χ0v) is 12.2. The Hall–Kier alpha value is -1.84. The molecule has 20 heavy (non-hydrogen) atoms. The van der Waals surface area contributed by atoms with E-state index in [0.29, 0.717) is 6.54 Å². The minimum absolute atomic E-state index is 0.0184. The van der Waals surface area contributed by atoms with Crippen molar-refractivity contribution in [3.8, 4) is 0 Å². The van der Waals surface area contributed by atoms with Crippen LogP contribution in [0.25, 0.3) is 0 Å². The first-order valence-electron chi connectivity index (χ1n) is 7.26. The van der Waals surface area contributed by atoms with E-state index in [1.54, 1.807) is 4.90 Å². The Kier molecular flexibility index (Phi) is 4.77. The van der Waals surface area contributed by atoms with E-state index in [-0.39, 0.29) is 24.3 Å². The number of hydrogen-bond donors (Lipinski definition) is 1.